The number of hydrogen-bond acceptors (Lipinski definition) is 4. The number of anilines is 1. The number of methoxy groups -OCH3 is 2. The zero-order valence-corrected chi connectivity index (χ0v) is 19.4. The highest BCUT2D eigenvalue weighted by atomic mass is 127. The molecule has 2 N–H and O–H groups in total. The molecule has 0 aliphatic carbocycles. The fourth-order valence-electron chi connectivity index (χ4n) is 3.33. The number of rotatable bonds is 8. The summed E-state index contributed by atoms with van der Waals surface area (Å²) in [7, 11) is 3.28. The van der Waals surface area contributed by atoms with Crippen molar-refractivity contribution in [1.82, 2.24) is 10.2 Å². The van der Waals surface area contributed by atoms with E-state index in [0.717, 1.165) is 49.4 Å². The largest absolute Gasteiger partial charge is 0.493 e. The van der Waals surface area contributed by atoms with E-state index >= 15 is 0 Å². The average molecular weight is 490 g/mol. The van der Waals surface area contributed by atoms with Gasteiger partial charge in [0.1, 0.15) is 0 Å². The van der Waals surface area contributed by atoms with Crippen LogP contribution in [0.3, 0.4) is 0 Å². The van der Waals surface area contributed by atoms with Crippen LogP contribution in [0.4, 0.5) is 5.69 Å². The van der Waals surface area contributed by atoms with Crippen molar-refractivity contribution in [2.45, 2.75) is 33.1 Å². The Morgan fingerprint density at radius 2 is 2.04 bits per heavy atom. The van der Waals surface area contributed by atoms with E-state index in [2.05, 4.69) is 29.4 Å². The summed E-state index contributed by atoms with van der Waals surface area (Å²) >= 11 is 0. The summed E-state index contributed by atoms with van der Waals surface area (Å²) in [6.07, 6.45) is 3.78. The van der Waals surface area contributed by atoms with Gasteiger partial charge in [-0.25, -0.2) is 0 Å². The van der Waals surface area contributed by atoms with E-state index in [0.29, 0.717) is 5.75 Å². The Morgan fingerprint density at radius 3 is 2.70 bits per heavy atom. The Kier molecular flexibility index (Phi) is 11.5. The summed E-state index contributed by atoms with van der Waals surface area (Å²) in [5, 5.41) is 6.64. The minimum absolute atomic E-state index is 0. The maximum Gasteiger partial charge on any atom is 0.195 e. The third-order valence-corrected chi connectivity index (χ3v) is 4.63. The van der Waals surface area contributed by atoms with Gasteiger partial charge in [-0.1, -0.05) is 6.92 Å². The maximum absolute atomic E-state index is 5.36. The van der Waals surface area contributed by atoms with E-state index < -0.39 is 0 Å². The number of aliphatic imine (C=N–C) groups is 1. The van der Waals surface area contributed by atoms with Crippen molar-refractivity contribution in [3.63, 3.8) is 0 Å². The fourth-order valence-corrected chi connectivity index (χ4v) is 3.33. The van der Waals surface area contributed by atoms with Crippen LogP contribution >= 0.6 is 24.0 Å². The Labute approximate surface area is 181 Å². The Morgan fingerprint density at radius 1 is 1.26 bits per heavy atom. The molecule has 154 valence electrons. The van der Waals surface area contributed by atoms with E-state index in [1.54, 1.807) is 14.2 Å². The molecule has 2 rings (SSSR count). The van der Waals surface area contributed by atoms with Crippen LogP contribution in [0.1, 0.15) is 33.1 Å². The number of nitrogens with zero attached hydrogens (tertiary/aromatic N) is 2. The lowest BCUT2D eigenvalue weighted by atomic mass is 10.0. The molecule has 1 atom stereocenters. The predicted octanol–water partition coefficient (Wildman–Crippen LogP) is 3.82. The second kappa shape index (κ2) is 13.0. The smallest absolute Gasteiger partial charge is 0.195 e. The molecule has 1 aromatic carbocycles. The first-order chi connectivity index (χ1) is 12.7. The molecule has 1 aromatic rings. The van der Waals surface area contributed by atoms with Crippen LogP contribution in [0.2, 0.25) is 0 Å². The highest BCUT2D eigenvalue weighted by molar-refractivity contribution is 14.0. The Bertz CT molecular complexity index is 583. The highest BCUT2D eigenvalue weighted by Crippen LogP contribution is 2.29. The van der Waals surface area contributed by atoms with E-state index in [4.69, 9.17) is 14.5 Å². The summed E-state index contributed by atoms with van der Waals surface area (Å²) in [5.41, 5.74) is 0.923. The molecular formula is C20H35IN4O2. The van der Waals surface area contributed by atoms with Crippen molar-refractivity contribution in [2.75, 3.05) is 52.3 Å². The lowest BCUT2D eigenvalue weighted by Crippen LogP contribution is -2.35. The number of halogens is 1. The van der Waals surface area contributed by atoms with Crippen molar-refractivity contribution in [2.24, 2.45) is 10.9 Å². The third kappa shape index (κ3) is 8.13. The molecule has 1 aliphatic heterocycles. The first-order valence-electron chi connectivity index (χ1n) is 9.66. The monoisotopic (exact) mass is 490 g/mol. The van der Waals surface area contributed by atoms with Gasteiger partial charge in [0, 0.05) is 31.4 Å². The molecular weight excluding hydrogens is 455 g/mol. The lowest BCUT2D eigenvalue weighted by Gasteiger charge is -2.30. The molecule has 0 aromatic heterocycles. The first-order valence-corrected chi connectivity index (χ1v) is 9.66. The van der Waals surface area contributed by atoms with Gasteiger partial charge >= 0.3 is 0 Å². The lowest BCUT2D eigenvalue weighted by molar-refractivity contribution is 0.183. The summed E-state index contributed by atoms with van der Waals surface area (Å²) < 4.78 is 10.6. The van der Waals surface area contributed by atoms with Crippen molar-refractivity contribution < 1.29 is 9.47 Å². The molecule has 1 unspecified atom stereocenters. The van der Waals surface area contributed by atoms with Crippen molar-refractivity contribution in [3.05, 3.63) is 18.2 Å². The second-order valence-corrected chi connectivity index (χ2v) is 6.86. The molecule has 1 aliphatic rings. The summed E-state index contributed by atoms with van der Waals surface area (Å²) in [5.74, 6) is 3.05. The van der Waals surface area contributed by atoms with Crippen LogP contribution in [0.25, 0.3) is 0 Å². The van der Waals surface area contributed by atoms with Crippen LogP contribution in [0.5, 0.6) is 11.5 Å². The fraction of sp³-hybridized carbons (Fsp3) is 0.650. The normalized spacial score (nSPS) is 17.8. The van der Waals surface area contributed by atoms with E-state index in [1.165, 1.54) is 25.9 Å². The maximum atomic E-state index is 5.36. The quantitative estimate of drug-likeness (QED) is 0.251. The molecule has 0 saturated carbocycles. The van der Waals surface area contributed by atoms with E-state index in [1.807, 2.05) is 18.2 Å². The molecule has 7 heteroatoms. The standard InChI is InChI=1S/C20H34N4O2.HI/c1-5-21-20(22-11-7-13-24-12-6-8-16(2)15-24)23-17-9-10-18(25-3)19(14-17)26-4;/h9-10,14,16H,5-8,11-13,15H2,1-4H3,(H2,21,22,23);1H. The number of benzene rings is 1. The number of ether oxygens (including phenoxy) is 2. The van der Waals surface area contributed by atoms with Gasteiger partial charge in [-0.05, 0) is 57.3 Å². The molecule has 6 nitrogen and oxygen atoms in total. The van der Waals surface area contributed by atoms with Crippen LogP contribution in [-0.2, 0) is 0 Å². The zero-order valence-electron chi connectivity index (χ0n) is 17.1. The molecule has 1 fully saturated rings. The topological polar surface area (TPSA) is 58.1 Å². The van der Waals surface area contributed by atoms with Gasteiger partial charge in [-0.2, -0.15) is 0 Å². The number of hydrogen-bond donors (Lipinski definition) is 2. The van der Waals surface area contributed by atoms with Gasteiger partial charge in [-0.15, -0.1) is 24.0 Å². The molecule has 0 bridgehead atoms. The number of likely N-dealkylation sites (tertiary alicyclic amines) is 1. The summed E-state index contributed by atoms with van der Waals surface area (Å²) in [4.78, 5) is 7.27. The second-order valence-electron chi connectivity index (χ2n) is 6.86. The van der Waals surface area contributed by atoms with Crippen LogP contribution in [0, 0.1) is 5.92 Å². The summed E-state index contributed by atoms with van der Waals surface area (Å²) in [6.45, 7) is 9.65. The third-order valence-electron chi connectivity index (χ3n) is 4.63. The van der Waals surface area contributed by atoms with Gasteiger partial charge in [0.2, 0.25) is 0 Å². The first kappa shape index (κ1) is 23.8. The molecule has 0 radical (unpaired) electrons. The van der Waals surface area contributed by atoms with E-state index in [-0.39, 0.29) is 24.0 Å². The Balaban J connectivity index is 0.00000364. The predicted molar refractivity (Wildman–Crippen MR) is 124 cm³/mol. The zero-order chi connectivity index (χ0) is 18.8. The molecule has 0 spiro atoms. The van der Waals surface area contributed by atoms with Crippen molar-refractivity contribution in [1.29, 1.82) is 0 Å². The molecule has 0 amide bonds. The minimum Gasteiger partial charge on any atom is -0.493 e. The average Bonchev–Trinajstić information content (AvgIpc) is 2.65. The number of guanidine groups is 1. The van der Waals surface area contributed by atoms with Crippen LogP contribution < -0.4 is 20.1 Å². The van der Waals surface area contributed by atoms with Crippen molar-refractivity contribution >= 4 is 35.6 Å². The molecule has 1 heterocycles. The van der Waals surface area contributed by atoms with Crippen LogP contribution in [0.15, 0.2) is 23.2 Å². The van der Waals surface area contributed by atoms with Crippen molar-refractivity contribution in [3.8, 4) is 11.5 Å². The summed E-state index contributed by atoms with van der Waals surface area (Å²) in [6, 6.07) is 5.77. The minimum atomic E-state index is 0. The molecule has 27 heavy (non-hydrogen) atoms. The van der Waals surface area contributed by atoms with Gasteiger partial charge < -0.3 is 25.0 Å². The van der Waals surface area contributed by atoms with E-state index in [9.17, 15) is 0 Å². The highest BCUT2D eigenvalue weighted by Gasteiger charge is 2.15. The van der Waals surface area contributed by atoms with Crippen LogP contribution in [-0.4, -0.2) is 57.8 Å². The van der Waals surface area contributed by atoms with Gasteiger partial charge in [-0.3, -0.25) is 4.99 Å². The SMILES string of the molecule is CCNC(=NCCCN1CCCC(C)C1)Nc1ccc(OC)c(OC)c1.I. The number of piperidine rings is 1. The van der Waals surface area contributed by atoms with Gasteiger partial charge in [0.25, 0.3) is 0 Å². The van der Waals surface area contributed by atoms with Gasteiger partial charge in [0.05, 0.1) is 14.2 Å². The number of nitrogens with one attached hydrogen (secondary N) is 2. The van der Waals surface area contributed by atoms with Gasteiger partial charge in [0.15, 0.2) is 17.5 Å². The Hall–Kier alpha value is -1.22. The molecule has 1 saturated heterocycles.